The number of rotatable bonds is 4. The Labute approximate surface area is 150 Å². The predicted octanol–water partition coefficient (Wildman–Crippen LogP) is 2.27. The van der Waals surface area contributed by atoms with E-state index in [0.29, 0.717) is 6.04 Å². The summed E-state index contributed by atoms with van der Waals surface area (Å²) >= 11 is 0. The molecule has 0 saturated carbocycles. The zero-order valence-corrected chi connectivity index (χ0v) is 15.0. The molecule has 1 aromatic rings. The zero-order chi connectivity index (χ0) is 17.1. The molecule has 4 rings (SSSR count). The normalized spacial score (nSPS) is 24.6. The Morgan fingerprint density at radius 3 is 2.56 bits per heavy atom. The van der Waals surface area contributed by atoms with Gasteiger partial charge in [-0.25, -0.2) is 4.79 Å². The van der Waals surface area contributed by atoms with Gasteiger partial charge in [-0.15, -0.1) is 0 Å². The number of nitrogens with zero attached hydrogens (tertiary/aromatic N) is 2. The lowest BCUT2D eigenvalue weighted by molar-refractivity contribution is -0.0135. The second kappa shape index (κ2) is 7.34. The molecule has 3 heterocycles. The van der Waals surface area contributed by atoms with Crippen LogP contribution in [-0.2, 0) is 11.2 Å². The van der Waals surface area contributed by atoms with E-state index >= 15 is 0 Å². The monoisotopic (exact) mass is 343 g/mol. The smallest absolute Gasteiger partial charge is 0.410 e. The third kappa shape index (κ3) is 3.82. The zero-order valence-electron chi connectivity index (χ0n) is 15.0. The molecule has 0 aliphatic carbocycles. The van der Waals surface area contributed by atoms with Gasteiger partial charge in [-0.2, -0.15) is 0 Å². The highest BCUT2D eigenvalue weighted by Gasteiger charge is 2.47. The number of piperidine rings is 2. The number of ether oxygens (including phenoxy) is 1. The molecule has 1 N–H and O–H groups in total. The first-order chi connectivity index (χ1) is 12.2. The molecule has 136 valence electrons. The van der Waals surface area contributed by atoms with Crippen LogP contribution < -0.4 is 5.32 Å². The average molecular weight is 343 g/mol. The van der Waals surface area contributed by atoms with Crippen LogP contribution >= 0.6 is 0 Å². The Morgan fingerprint density at radius 1 is 1.12 bits per heavy atom. The molecule has 25 heavy (non-hydrogen) atoms. The number of likely N-dealkylation sites (tertiary alicyclic amines) is 1. The first-order valence-corrected chi connectivity index (χ1v) is 9.71. The fourth-order valence-electron chi connectivity index (χ4n) is 4.50. The minimum absolute atomic E-state index is 0.119. The molecule has 3 aliphatic heterocycles. The second-order valence-corrected chi connectivity index (χ2v) is 7.73. The largest absolute Gasteiger partial charge is 0.441 e. The summed E-state index contributed by atoms with van der Waals surface area (Å²) in [5.74, 6) is 0. The van der Waals surface area contributed by atoms with Crippen molar-refractivity contribution in [1.29, 1.82) is 0 Å². The van der Waals surface area contributed by atoms with Gasteiger partial charge in [-0.05, 0) is 37.9 Å². The van der Waals surface area contributed by atoms with Gasteiger partial charge in [0.15, 0.2) is 0 Å². The van der Waals surface area contributed by atoms with Gasteiger partial charge in [0.05, 0.1) is 6.54 Å². The molecular weight excluding hydrogens is 314 g/mol. The van der Waals surface area contributed by atoms with E-state index in [1.807, 2.05) is 11.0 Å². The molecule has 1 amide bonds. The molecule has 0 aromatic heterocycles. The van der Waals surface area contributed by atoms with Crippen molar-refractivity contribution in [1.82, 2.24) is 15.1 Å². The van der Waals surface area contributed by atoms with Crippen LogP contribution in [0, 0.1) is 0 Å². The van der Waals surface area contributed by atoms with E-state index in [4.69, 9.17) is 4.74 Å². The summed E-state index contributed by atoms with van der Waals surface area (Å²) in [4.78, 5) is 16.9. The molecule has 0 unspecified atom stereocenters. The van der Waals surface area contributed by atoms with Gasteiger partial charge in [0.1, 0.15) is 5.60 Å². The van der Waals surface area contributed by atoms with E-state index in [1.165, 1.54) is 18.4 Å². The van der Waals surface area contributed by atoms with Crippen molar-refractivity contribution in [3.8, 4) is 0 Å². The van der Waals surface area contributed by atoms with Gasteiger partial charge < -0.3 is 15.0 Å². The predicted molar refractivity (Wildman–Crippen MR) is 97.6 cm³/mol. The SMILES string of the molecule is O=C1OC2(CCN(C3CCNCC3)CC2)CN1CCc1ccccc1. The number of carbonyl (C=O) groups excluding carboxylic acids is 1. The number of carbonyl (C=O) groups is 1. The van der Waals surface area contributed by atoms with Gasteiger partial charge in [0.2, 0.25) is 0 Å². The van der Waals surface area contributed by atoms with Gasteiger partial charge >= 0.3 is 6.09 Å². The van der Waals surface area contributed by atoms with Crippen LogP contribution in [0.15, 0.2) is 30.3 Å². The summed E-state index contributed by atoms with van der Waals surface area (Å²) in [6, 6.07) is 11.1. The minimum atomic E-state index is -0.239. The summed E-state index contributed by atoms with van der Waals surface area (Å²) < 4.78 is 5.87. The van der Waals surface area contributed by atoms with Crippen molar-refractivity contribution in [3.63, 3.8) is 0 Å². The summed E-state index contributed by atoms with van der Waals surface area (Å²) in [5.41, 5.74) is 1.04. The Bertz CT molecular complexity index is 578. The third-order valence-electron chi connectivity index (χ3n) is 6.09. The maximum absolute atomic E-state index is 12.3. The maximum Gasteiger partial charge on any atom is 0.410 e. The topological polar surface area (TPSA) is 44.8 Å². The Balaban J connectivity index is 1.29. The van der Waals surface area contributed by atoms with Gasteiger partial charge in [-0.3, -0.25) is 4.90 Å². The Kier molecular flexibility index (Phi) is 4.95. The lowest BCUT2D eigenvalue weighted by atomic mass is 9.89. The average Bonchev–Trinajstić information content (AvgIpc) is 2.97. The number of amides is 1. The van der Waals surface area contributed by atoms with Crippen molar-refractivity contribution in [3.05, 3.63) is 35.9 Å². The van der Waals surface area contributed by atoms with E-state index in [2.05, 4.69) is 34.5 Å². The van der Waals surface area contributed by atoms with E-state index < -0.39 is 0 Å². The third-order valence-corrected chi connectivity index (χ3v) is 6.09. The first kappa shape index (κ1) is 16.9. The molecular formula is C20H29N3O2. The second-order valence-electron chi connectivity index (χ2n) is 7.73. The lowest BCUT2D eigenvalue weighted by Crippen LogP contribution is -2.52. The number of hydrogen-bond acceptors (Lipinski definition) is 4. The van der Waals surface area contributed by atoms with Crippen LogP contribution in [-0.4, -0.2) is 66.8 Å². The fraction of sp³-hybridized carbons (Fsp3) is 0.650. The number of hydrogen-bond donors (Lipinski definition) is 1. The van der Waals surface area contributed by atoms with Crippen LogP contribution in [0.4, 0.5) is 4.79 Å². The van der Waals surface area contributed by atoms with Crippen molar-refractivity contribution < 1.29 is 9.53 Å². The summed E-state index contributed by atoms with van der Waals surface area (Å²) in [6.07, 6.45) is 5.22. The van der Waals surface area contributed by atoms with Crippen molar-refractivity contribution in [2.75, 3.05) is 39.3 Å². The highest BCUT2D eigenvalue weighted by Crippen LogP contribution is 2.34. The Morgan fingerprint density at radius 2 is 1.84 bits per heavy atom. The molecule has 0 atom stereocenters. The molecule has 5 nitrogen and oxygen atoms in total. The lowest BCUT2D eigenvalue weighted by Gasteiger charge is -2.42. The van der Waals surface area contributed by atoms with E-state index in [-0.39, 0.29) is 11.7 Å². The van der Waals surface area contributed by atoms with Crippen LogP contribution in [0.5, 0.6) is 0 Å². The van der Waals surface area contributed by atoms with Gasteiger partial charge in [0, 0.05) is 38.5 Å². The van der Waals surface area contributed by atoms with E-state index in [0.717, 1.165) is 58.5 Å². The van der Waals surface area contributed by atoms with Crippen molar-refractivity contribution >= 4 is 6.09 Å². The molecule has 5 heteroatoms. The van der Waals surface area contributed by atoms with E-state index in [9.17, 15) is 4.79 Å². The standard InChI is InChI=1S/C20H29N3O2/c24-19-23(13-8-17-4-2-1-3-5-17)16-20(25-19)9-14-22(15-10-20)18-6-11-21-12-7-18/h1-5,18,21H,6-16H2. The summed E-state index contributed by atoms with van der Waals surface area (Å²) in [6.45, 7) is 5.90. The highest BCUT2D eigenvalue weighted by atomic mass is 16.6. The van der Waals surface area contributed by atoms with Crippen LogP contribution in [0.1, 0.15) is 31.2 Å². The first-order valence-electron chi connectivity index (χ1n) is 9.71. The number of nitrogens with one attached hydrogen (secondary N) is 1. The quantitative estimate of drug-likeness (QED) is 0.911. The molecule has 1 spiro atoms. The van der Waals surface area contributed by atoms with Gasteiger partial charge in [0.25, 0.3) is 0 Å². The number of benzene rings is 1. The van der Waals surface area contributed by atoms with Crippen LogP contribution in [0.2, 0.25) is 0 Å². The molecule has 0 bridgehead atoms. The van der Waals surface area contributed by atoms with Crippen molar-refractivity contribution in [2.24, 2.45) is 0 Å². The highest BCUT2D eigenvalue weighted by molar-refractivity contribution is 5.70. The summed E-state index contributed by atoms with van der Waals surface area (Å²) in [7, 11) is 0. The fourth-order valence-corrected chi connectivity index (χ4v) is 4.50. The molecule has 3 aliphatic rings. The summed E-state index contributed by atoms with van der Waals surface area (Å²) in [5, 5.41) is 3.44. The van der Waals surface area contributed by atoms with Crippen molar-refractivity contribution in [2.45, 2.75) is 43.7 Å². The Hall–Kier alpha value is -1.59. The van der Waals surface area contributed by atoms with Crippen LogP contribution in [0.3, 0.4) is 0 Å². The molecule has 1 aromatic carbocycles. The van der Waals surface area contributed by atoms with E-state index in [1.54, 1.807) is 0 Å². The minimum Gasteiger partial charge on any atom is -0.441 e. The molecule has 3 saturated heterocycles. The maximum atomic E-state index is 12.3. The molecule has 0 radical (unpaired) electrons. The van der Waals surface area contributed by atoms with Crippen LogP contribution in [0.25, 0.3) is 0 Å². The molecule has 3 fully saturated rings. The van der Waals surface area contributed by atoms with Gasteiger partial charge in [-0.1, -0.05) is 30.3 Å².